The van der Waals surface area contributed by atoms with Gasteiger partial charge in [-0.15, -0.1) is 0 Å². The topological polar surface area (TPSA) is 148 Å². The summed E-state index contributed by atoms with van der Waals surface area (Å²) < 4.78 is 106. The van der Waals surface area contributed by atoms with Crippen LogP contribution in [0, 0.1) is 12.3 Å². The molecule has 1 heterocycles. The molecule has 61 heavy (non-hydrogen) atoms. The zero-order valence-electron chi connectivity index (χ0n) is 35.1. The molecule has 0 unspecified atom stereocenters. The number of benzene rings is 5. The molecule has 0 amide bonds. The van der Waals surface area contributed by atoms with Crippen LogP contribution in [0.3, 0.4) is 0 Å². The van der Waals surface area contributed by atoms with Crippen LogP contribution in [0.2, 0.25) is 0 Å². The molecule has 0 bridgehead atoms. The third-order valence-electron chi connectivity index (χ3n) is 10.7. The van der Waals surface area contributed by atoms with Gasteiger partial charge >= 0.3 is 11.5 Å². The Balaban J connectivity index is 1.59. The highest BCUT2D eigenvalue weighted by atomic mass is 32.3. The number of nitrogens with zero attached hydrogens (tertiary/aromatic N) is 1. The SMILES string of the molecule is CCC(C)(C)C(=O)OCc1cccc(C)c1[NH+]=c1ccc2c(-c3ccccc3S(=O)(=O)[N-]S(=O)(=O)C(F)(F)F)c3ccc(Nc4c(C(C)C)cccc4C(C)C)cc3oc-2c1. The second-order valence-electron chi connectivity index (χ2n) is 16.2. The van der Waals surface area contributed by atoms with E-state index in [1.165, 1.54) is 18.2 Å². The average molecular weight is 876 g/mol. The third-order valence-corrected chi connectivity index (χ3v) is 13.8. The highest BCUT2D eigenvalue weighted by Crippen LogP contribution is 2.45. The number of ether oxygens (including phenoxy) is 1. The number of fused-ring (bicyclic) bond motifs is 2. The van der Waals surface area contributed by atoms with Crippen LogP contribution in [0.5, 0.6) is 0 Å². The molecule has 0 atom stereocenters. The number of esters is 1. The van der Waals surface area contributed by atoms with Crippen LogP contribution in [0.15, 0.2) is 106 Å². The number of hydrogen-bond donors (Lipinski definition) is 2. The van der Waals surface area contributed by atoms with E-state index in [1.807, 2.05) is 52.0 Å². The van der Waals surface area contributed by atoms with E-state index in [-0.39, 0.29) is 46.9 Å². The molecule has 2 N–H and O–H groups in total. The quantitative estimate of drug-likeness (QED) is 0.0861. The summed E-state index contributed by atoms with van der Waals surface area (Å²) in [6, 6.07) is 27.2. The van der Waals surface area contributed by atoms with Gasteiger partial charge in [-0.3, -0.25) is 4.79 Å². The Kier molecular flexibility index (Phi) is 12.6. The Morgan fingerprint density at radius 3 is 2.13 bits per heavy atom. The molecule has 0 aromatic heterocycles. The highest BCUT2D eigenvalue weighted by molar-refractivity contribution is 8.12. The Bertz CT molecular complexity index is 2880. The first kappa shape index (κ1) is 45.0. The number of sulfonamides is 2. The van der Waals surface area contributed by atoms with Crippen molar-refractivity contribution in [3.05, 3.63) is 129 Å². The fraction of sp³-hybridized carbons (Fsp3) is 0.304. The molecule has 0 radical (unpaired) electrons. The maximum atomic E-state index is 13.6. The second kappa shape index (κ2) is 17.1. The van der Waals surface area contributed by atoms with E-state index < -0.39 is 35.9 Å². The number of halogens is 3. The molecule has 2 aliphatic rings. The molecule has 6 rings (SSSR count). The minimum absolute atomic E-state index is 0.00757. The molecular weight excluding hydrogens is 828 g/mol. The molecule has 322 valence electrons. The lowest BCUT2D eigenvalue weighted by Crippen LogP contribution is -2.71. The predicted molar refractivity (Wildman–Crippen MR) is 230 cm³/mol. The number of alkyl halides is 3. The summed E-state index contributed by atoms with van der Waals surface area (Å²) in [4.78, 5) is 15.5. The van der Waals surface area contributed by atoms with Gasteiger partial charge in [0.2, 0.25) is 11.0 Å². The van der Waals surface area contributed by atoms with Gasteiger partial charge in [0.15, 0.2) is 10.0 Å². The largest absolute Gasteiger partial charge is 0.480 e. The first-order valence-corrected chi connectivity index (χ1v) is 22.6. The number of anilines is 2. The number of rotatable bonds is 13. The normalized spacial score (nSPS) is 13.1. The summed E-state index contributed by atoms with van der Waals surface area (Å²) in [6.45, 7) is 15.9. The number of para-hydroxylation sites is 2. The molecule has 0 fully saturated rings. The van der Waals surface area contributed by atoms with Crippen molar-refractivity contribution in [2.75, 3.05) is 5.32 Å². The van der Waals surface area contributed by atoms with Gasteiger partial charge in [0, 0.05) is 51.1 Å². The van der Waals surface area contributed by atoms with Crippen molar-refractivity contribution < 1.29 is 48.9 Å². The van der Waals surface area contributed by atoms with E-state index in [9.17, 15) is 34.8 Å². The first-order chi connectivity index (χ1) is 28.5. The fourth-order valence-electron chi connectivity index (χ4n) is 6.94. The van der Waals surface area contributed by atoms with Crippen molar-refractivity contribution >= 4 is 54.0 Å². The molecule has 4 aromatic rings. The minimum Gasteiger partial charge on any atom is -0.460 e. The van der Waals surface area contributed by atoms with Gasteiger partial charge in [0.25, 0.3) is 0 Å². The van der Waals surface area contributed by atoms with Gasteiger partial charge < -0.3 is 18.6 Å². The van der Waals surface area contributed by atoms with Crippen LogP contribution in [-0.4, -0.2) is 28.3 Å². The van der Waals surface area contributed by atoms with Crippen molar-refractivity contribution in [1.29, 1.82) is 0 Å². The van der Waals surface area contributed by atoms with E-state index in [1.54, 1.807) is 36.4 Å². The monoisotopic (exact) mass is 875 g/mol. The molecule has 0 spiro atoms. The van der Waals surface area contributed by atoms with E-state index in [2.05, 4.69) is 54.3 Å². The first-order valence-electron chi connectivity index (χ1n) is 19.7. The zero-order valence-corrected chi connectivity index (χ0v) is 36.7. The summed E-state index contributed by atoms with van der Waals surface area (Å²) in [5.74, 6) is 0.288. The molecule has 0 saturated heterocycles. The summed E-state index contributed by atoms with van der Waals surface area (Å²) in [7, 11) is -11.9. The smallest absolute Gasteiger partial charge is 0.460 e. The number of carbonyl (C=O) groups excluding carboxylic acids is 1. The average Bonchev–Trinajstić information content (AvgIpc) is 3.19. The van der Waals surface area contributed by atoms with Gasteiger partial charge in [-0.25, -0.2) is 21.8 Å². The Morgan fingerprint density at radius 1 is 0.836 bits per heavy atom. The standard InChI is InChI=1S/C46H47F3N3O7S2/c1-9-45(7,8)44(53)58-26-30-15-12-14-29(6)42(30)50-31-20-22-35-38(24-31)59-39-25-32(51-43-33(27(2)3)17-13-18-34(43)28(4)5)21-23-36(39)41(35)37-16-10-11-19-40(37)60(54,55)52-61(56,57)46(47,48)49/h10-25,27-28H,9,26H2,1-8H3,(H,50,51)/q-1/p+1. The van der Waals surface area contributed by atoms with Gasteiger partial charge in [0.1, 0.15) is 28.0 Å². The highest BCUT2D eigenvalue weighted by Gasteiger charge is 2.41. The van der Waals surface area contributed by atoms with E-state index in [4.69, 9.17) is 9.15 Å². The van der Waals surface area contributed by atoms with Crippen molar-refractivity contribution in [2.24, 2.45) is 5.41 Å². The lowest BCUT2D eigenvalue weighted by molar-refractivity contribution is -0.404. The van der Waals surface area contributed by atoms with Crippen LogP contribution >= 0.6 is 0 Å². The predicted octanol–water partition coefficient (Wildman–Crippen LogP) is 10.2. The molecule has 10 nitrogen and oxygen atoms in total. The molecule has 1 aliphatic heterocycles. The van der Waals surface area contributed by atoms with Crippen LogP contribution in [-0.2, 0) is 36.2 Å². The molecule has 4 aromatic carbocycles. The van der Waals surface area contributed by atoms with E-state index in [0.717, 1.165) is 28.4 Å². The zero-order chi connectivity index (χ0) is 44.7. The van der Waals surface area contributed by atoms with Crippen molar-refractivity contribution in [3.8, 4) is 22.5 Å². The van der Waals surface area contributed by atoms with Gasteiger partial charge in [-0.05, 0) is 80.5 Å². The van der Waals surface area contributed by atoms with Gasteiger partial charge in [-0.2, -0.15) is 13.2 Å². The molecular formula is C46H48F3N3O7S2. The summed E-state index contributed by atoms with van der Waals surface area (Å²) >= 11 is 0. The fourth-order valence-corrected chi connectivity index (χ4v) is 9.33. The maximum Gasteiger partial charge on any atom is 0.480 e. The number of aryl methyl sites for hydroxylation is 1. The van der Waals surface area contributed by atoms with Crippen LogP contribution in [0.1, 0.15) is 89.0 Å². The third kappa shape index (κ3) is 9.38. The number of nitrogens with one attached hydrogen (secondary N) is 2. The molecule has 15 heteroatoms. The molecule has 0 saturated carbocycles. The van der Waals surface area contributed by atoms with Gasteiger partial charge in [-0.1, -0.05) is 83.1 Å². The van der Waals surface area contributed by atoms with Crippen molar-refractivity contribution in [1.82, 2.24) is 0 Å². The van der Waals surface area contributed by atoms with E-state index >= 15 is 0 Å². The van der Waals surface area contributed by atoms with Crippen LogP contribution < -0.4 is 15.7 Å². The lowest BCUT2D eigenvalue weighted by atomic mass is 9.91. The summed E-state index contributed by atoms with van der Waals surface area (Å²) in [5, 5.41) is 4.51. The maximum absolute atomic E-state index is 13.6. The van der Waals surface area contributed by atoms with Crippen LogP contribution in [0.4, 0.5) is 30.2 Å². The minimum atomic E-state index is -6.43. The Morgan fingerprint density at radius 2 is 1.49 bits per heavy atom. The number of carbonyl (C=O) groups is 1. The summed E-state index contributed by atoms with van der Waals surface area (Å²) in [5.41, 5.74) is 0.210. The Hall–Kier alpha value is -5.51. The lowest BCUT2D eigenvalue weighted by Gasteiger charge is -2.25. The molecule has 1 aliphatic carbocycles. The summed E-state index contributed by atoms with van der Waals surface area (Å²) in [6.07, 6.45) is 0.599. The van der Waals surface area contributed by atoms with Crippen molar-refractivity contribution in [3.63, 3.8) is 0 Å². The van der Waals surface area contributed by atoms with Gasteiger partial charge in [0.05, 0.1) is 21.9 Å². The van der Waals surface area contributed by atoms with E-state index in [0.29, 0.717) is 39.7 Å². The number of hydrogen-bond acceptors (Lipinski definition) is 8. The second-order valence-corrected chi connectivity index (χ2v) is 19.6. The van der Waals surface area contributed by atoms with Crippen molar-refractivity contribution in [2.45, 2.75) is 90.7 Å². The Labute approximate surface area is 354 Å². The van der Waals surface area contributed by atoms with Crippen LogP contribution in [0.25, 0.3) is 37.5 Å².